The smallest absolute Gasteiger partial charge is 0.123 e. The van der Waals surface area contributed by atoms with Crippen LogP contribution >= 0.6 is 11.6 Å². The molecule has 0 spiro atoms. The van der Waals surface area contributed by atoms with Gasteiger partial charge in [-0.3, -0.25) is 0 Å². The predicted molar refractivity (Wildman–Crippen MR) is 82.8 cm³/mol. The molecule has 106 valence electrons. The Balaban J connectivity index is 2.55. The van der Waals surface area contributed by atoms with Gasteiger partial charge in [0.1, 0.15) is 11.5 Å². The van der Waals surface area contributed by atoms with Crippen molar-refractivity contribution in [1.82, 2.24) is 5.32 Å². The van der Waals surface area contributed by atoms with E-state index in [0.29, 0.717) is 0 Å². The predicted octanol–water partition coefficient (Wildman–Crippen LogP) is 3.74. The van der Waals surface area contributed by atoms with Gasteiger partial charge < -0.3 is 14.8 Å². The van der Waals surface area contributed by atoms with Crippen molar-refractivity contribution in [1.29, 1.82) is 0 Å². The van der Waals surface area contributed by atoms with E-state index in [-0.39, 0.29) is 0 Å². The Morgan fingerprint density at radius 3 is 2.20 bits per heavy atom. The van der Waals surface area contributed by atoms with Crippen LogP contribution in [0.5, 0.6) is 11.5 Å². The van der Waals surface area contributed by atoms with Crippen molar-refractivity contribution in [2.24, 2.45) is 0 Å². The van der Waals surface area contributed by atoms with E-state index in [1.165, 1.54) is 0 Å². The van der Waals surface area contributed by atoms with Crippen LogP contribution in [0.25, 0.3) is 11.1 Å². The van der Waals surface area contributed by atoms with Gasteiger partial charge in [0.25, 0.3) is 0 Å². The van der Waals surface area contributed by atoms with Gasteiger partial charge in [-0.2, -0.15) is 0 Å². The van der Waals surface area contributed by atoms with Gasteiger partial charge in [-0.1, -0.05) is 17.7 Å². The second kappa shape index (κ2) is 6.64. The maximum Gasteiger partial charge on any atom is 0.123 e. The fourth-order valence-electron chi connectivity index (χ4n) is 2.14. The lowest BCUT2D eigenvalue weighted by atomic mass is 9.99. The van der Waals surface area contributed by atoms with Crippen LogP contribution in [0.3, 0.4) is 0 Å². The first kappa shape index (κ1) is 14.7. The van der Waals surface area contributed by atoms with Gasteiger partial charge in [-0.25, -0.2) is 0 Å². The molecule has 0 saturated carbocycles. The summed E-state index contributed by atoms with van der Waals surface area (Å²) in [7, 11) is 5.21. The summed E-state index contributed by atoms with van der Waals surface area (Å²) in [5, 5.41) is 3.89. The molecule has 0 heterocycles. The largest absolute Gasteiger partial charge is 0.497 e. The van der Waals surface area contributed by atoms with Crippen LogP contribution < -0.4 is 14.8 Å². The molecule has 20 heavy (non-hydrogen) atoms. The van der Waals surface area contributed by atoms with Crippen molar-refractivity contribution in [3.63, 3.8) is 0 Å². The number of benzene rings is 2. The first-order chi connectivity index (χ1) is 9.67. The summed E-state index contributed by atoms with van der Waals surface area (Å²) in [6.07, 6.45) is 0. The Morgan fingerprint density at radius 2 is 1.65 bits per heavy atom. The van der Waals surface area contributed by atoms with E-state index in [9.17, 15) is 0 Å². The molecule has 4 heteroatoms. The summed E-state index contributed by atoms with van der Waals surface area (Å²) in [5.41, 5.74) is 3.29. The molecule has 0 aliphatic heterocycles. The summed E-state index contributed by atoms with van der Waals surface area (Å²) in [5.74, 6) is 1.54. The van der Waals surface area contributed by atoms with Crippen molar-refractivity contribution in [3.05, 3.63) is 47.0 Å². The molecule has 0 unspecified atom stereocenters. The second-order valence-electron chi connectivity index (χ2n) is 4.43. The van der Waals surface area contributed by atoms with Gasteiger partial charge in [0.15, 0.2) is 0 Å². The van der Waals surface area contributed by atoms with Crippen molar-refractivity contribution in [2.75, 3.05) is 21.3 Å². The van der Waals surface area contributed by atoms with Crippen molar-refractivity contribution >= 4 is 11.6 Å². The topological polar surface area (TPSA) is 30.5 Å². The van der Waals surface area contributed by atoms with Crippen LogP contribution in [-0.4, -0.2) is 21.3 Å². The quantitative estimate of drug-likeness (QED) is 0.910. The third-order valence-corrected chi connectivity index (χ3v) is 3.33. The molecule has 2 aromatic rings. The molecular formula is C16H18ClNO2. The summed E-state index contributed by atoms with van der Waals surface area (Å²) >= 11 is 6.08. The van der Waals surface area contributed by atoms with Crippen molar-refractivity contribution in [2.45, 2.75) is 6.54 Å². The number of methoxy groups -OCH3 is 2. The lowest BCUT2D eigenvalue weighted by molar-refractivity contribution is 0.394. The van der Waals surface area contributed by atoms with Gasteiger partial charge in [0.05, 0.1) is 14.2 Å². The fourth-order valence-corrected chi connectivity index (χ4v) is 2.34. The highest BCUT2D eigenvalue weighted by Gasteiger charge is 2.09. The van der Waals surface area contributed by atoms with Gasteiger partial charge in [-0.05, 0) is 48.0 Å². The van der Waals surface area contributed by atoms with E-state index in [1.807, 2.05) is 43.4 Å². The zero-order chi connectivity index (χ0) is 14.5. The van der Waals surface area contributed by atoms with Crippen LogP contribution in [0.15, 0.2) is 36.4 Å². The molecule has 0 aromatic heterocycles. The van der Waals surface area contributed by atoms with E-state index < -0.39 is 0 Å². The monoisotopic (exact) mass is 291 g/mol. The molecule has 0 bridgehead atoms. The summed E-state index contributed by atoms with van der Waals surface area (Å²) in [4.78, 5) is 0. The van der Waals surface area contributed by atoms with E-state index >= 15 is 0 Å². The molecule has 2 rings (SSSR count). The van der Waals surface area contributed by atoms with Crippen molar-refractivity contribution in [3.8, 4) is 22.6 Å². The molecule has 1 N–H and O–H groups in total. The molecule has 0 amide bonds. The van der Waals surface area contributed by atoms with E-state index in [0.717, 1.165) is 39.8 Å². The number of rotatable bonds is 5. The Morgan fingerprint density at radius 1 is 1.00 bits per heavy atom. The number of hydrogen-bond donors (Lipinski definition) is 1. The van der Waals surface area contributed by atoms with E-state index in [2.05, 4.69) is 5.32 Å². The van der Waals surface area contributed by atoms with Crippen molar-refractivity contribution < 1.29 is 9.47 Å². The molecule has 0 radical (unpaired) electrons. The van der Waals surface area contributed by atoms with Crippen LogP contribution in [0.2, 0.25) is 5.02 Å². The zero-order valence-corrected chi connectivity index (χ0v) is 12.6. The number of halogens is 1. The minimum absolute atomic E-state index is 0.730. The van der Waals surface area contributed by atoms with Gasteiger partial charge >= 0.3 is 0 Å². The highest BCUT2D eigenvalue weighted by molar-refractivity contribution is 6.30. The molecule has 0 fully saturated rings. The Bertz CT molecular complexity index is 577. The minimum Gasteiger partial charge on any atom is -0.497 e. The first-order valence-corrected chi connectivity index (χ1v) is 6.72. The molecular weight excluding hydrogens is 274 g/mol. The molecule has 0 aliphatic carbocycles. The molecule has 2 aromatic carbocycles. The fraction of sp³-hybridized carbons (Fsp3) is 0.250. The Labute approximate surface area is 124 Å². The summed E-state index contributed by atoms with van der Waals surface area (Å²) < 4.78 is 10.6. The van der Waals surface area contributed by atoms with Gasteiger partial charge in [0, 0.05) is 17.6 Å². The molecule has 0 aliphatic rings. The molecule has 0 atom stereocenters. The van der Waals surface area contributed by atoms with Crippen LogP contribution in [0, 0.1) is 0 Å². The summed E-state index contributed by atoms with van der Waals surface area (Å²) in [6, 6.07) is 11.7. The Kier molecular flexibility index (Phi) is 4.88. The van der Waals surface area contributed by atoms with E-state index in [1.54, 1.807) is 14.2 Å². The van der Waals surface area contributed by atoms with Gasteiger partial charge in [-0.15, -0.1) is 0 Å². The zero-order valence-electron chi connectivity index (χ0n) is 11.9. The number of nitrogens with one attached hydrogen (secondary N) is 1. The third kappa shape index (κ3) is 3.24. The average molecular weight is 292 g/mol. The maximum absolute atomic E-state index is 6.08. The van der Waals surface area contributed by atoms with Crippen LogP contribution in [0.4, 0.5) is 0 Å². The second-order valence-corrected chi connectivity index (χ2v) is 4.87. The Hall–Kier alpha value is -1.71. The minimum atomic E-state index is 0.730. The molecule has 3 nitrogen and oxygen atoms in total. The highest BCUT2D eigenvalue weighted by Crippen LogP contribution is 2.32. The lowest BCUT2D eigenvalue weighted by Crippen LogP contribution is -2.06. The van der Waals surface area contributed by atoms with Crippen LogP contribution in [-0.2, 0) is 6.54 Å². The third-order valence-electron chi connectivity index (χ3n) is 3.10. The number of ether oxygens (including phenoxy) is 2. The number of hydrogen-bond acceptors (Lipinski definition) is 3. The SMILES string of the molecule is CNCc1cc(Cl)ccc1-c1cc(OC)cc(OC)c1. The average Bonchev–Trinajstić information content (AvgIpc) is 2.47. The lowest BCUT2D eigenvalue weighted by Gasteiger charge is -2.13. The maximum atomic E-state index is 6.08. The molecule has 0 saturated heterocycles. The van der Waals surface area contributed by atoms with E-state index in [4.69, 9.17) is 21.1 Å². The summed E-state index contributed by atoms with van der Waals surface area (Å²) in [6.45, 7) is 0.745. The highest BCUT2D eigenvalue weighted by atomic mass is 35.5. The normalized spacial score (nSPS) is 10.4. The standard InChI is InChI=1S/C16H18ClNO2/c1-18-10-12-6-13(17)4-5-16(12)11-7-14(19-2)9-15(8-11)20-3/h4-9,18H,10H2,1-3H3. The first-order valence-electron chi connectivity index (χ1n) is 6.34. The van der Waals surface area contributed by atoms with Crippen LogP contribution in [0.1, 0.15) is 5.56 Å². The van der Waals surface area contributed by atoms with Gasteiger partial charge in [0.2, 0.25) is 0 Å².